The molecule has 0 amide bonds. The summed E-state index contributed by atoms with van der Waals surface area (Å²) in [4.78, 5) is 17.1. The van der Waals surface area contributed by atoms with Crippen molar-refractivity contribution < 1.29 is 9.90 Å². The van der Waals surface area contributed by atoms with Crippen LogP contribution in [0.1, 0.15) is 12.5 Å². The van der Waals surface area contributed by atoms with E-state index in [4.69, 9.17) is 9.90 Å². The van der Waals surface area contributed by atoms with Crippen LogP contribution in [-0.4, -0.2) is 21.0 Å². The number of nitrogens with zero attached hydrogens (tertiary/aromatic N) is 2. The van der Waals surface area contributed by atoms with Crippen molar-refractivity contribution in [3.05, 3.63) is 36.3 Å². The minimum absolute atomic E-state index is 0.833. The molecule has 1 aromatic carbocycles. The van der Waals surface area contributed by atoms with E-state index in [0.717, 1.165) is 17.8 Å². The van der Waals surface area contributed by atoms with E-state index in [9.17, 15) is 0 Å². The molecule has 0 bridgehead atoms. The number of aryl methyl sites for hydroxylation is 1. The number of aromatic nitrogens is 2. The highest BCUT2D eigenvalue weighted by molar-refractivity contribution is 5.77. The molecule has 0 aliphatic heterocycles. The van der Waals surface area contributed by atoms with E-state index in [1.165, 1.54) is 5.56 Å². The molecule has 2 aromatic rings. The van der Waals surface area contributed by atoms with Crippen molar-refractivity contribution in [3.8, 4) is 0 Å². The van der Waals surface area contributed by atoms with Crippen molar-refractivity contribution >= 4 is 16.9 Å². The van der Waals surface area contributed by atoms with Crippen molar-refractivity contribution in [3.63, 3.8) is 0 Å². The number of carboxylic acids is 1. The van der Waals surface area contributed by atoms with Crippen LogP contribution in [-0.2, 0) is 4.79 Å². The van der Waals surface area contributed by atoms with Gasteiger partial charge in [-0.05, 0) is 19.1 Å². The maximum atomic E-state index is 9.00. The van der Waals surface area contributed by atoms with Crippen LogP contribution in [0, 0.1) is 6.92 Å². The van der Waals surface area contributed by atoms with E-state index in [-0.39, 0.29) is 0 Å². The van der Waals surface area contributed by atoms with Crippen LogP contribution < -0.4 is 0 Å². The third kappa shape index (κ3) is 3.72. The number of carbonyl (C=O) groups is 1. The van der Waals surface area contributed by atoms with Gasteiger partial charge in [0.15, 0.2) is 0 Å². The van der Waals surface area contributed by atoms with E-state index >= 15 is 0 Å². The Morgan fingerprint density at radius 2 is 2.07 bits per heavy atom. The molecule has 0 saturated carbocycles. The SMILES string of the molecule is CC(=O)O.Cc1ccc2ncncc2c1. The van der Waals surface area contributed by atoms with Crippen LogP contribution in [0.2, 0.25) is 0 Å². The molecule has 4 heteroatoms. The van der Waals surface area contributed by atoms with Gasteiger partial charge in [0.05, 0.1) is 5.52 Å². The van der Waals surface area contributed by atoms with Crippen LogP contribution in [0.4, 0.5) is 0 Å². The Balaban J connectivity index is 0.000000245. The highest BCUT2D eigenvalue weighted by Gasteiger charge is 1.91. The van der Waals surface area contributed by atoms with Gasteiger partial charge >= 0.3 is 0 Å². The summed E-state index contributed by atoms with van der Waals surface area (Å²) in [5, 5.41) is 8.52. The second-order valence-electron chi connectivity index (χ2n) is 3.10. The van der Waals surface area contributed by atoms with Crippen molar-refractivity contribution in [1.29, 1.82) is 0 Å². The summed E-state index contributed by atoms with van der Waals surface area (Å²) in [6, 6.07) is 6.14. The van der Waals surface area contributed by atoms with Crippen molar-refractivity contribution in [1.82, 2.24) is 9.97 Å². The molecule has 0 unspecified atom stereocenters. The monoisotopic (exact) mass is 204 g/mol. The molecule has 0 spiro atoms. The van der Waals surface area contributed by atoms with E-state index in [1.807, 2.05) is 12.3 Å². The third-order valence-electron chi connectivity index (χ3n) is 1.66. The lowest BCUT2D eigenvalue weighted by atomic mass is 10.2. The number of rotatable bonds is 0. The summed E-state index contributed by atoms with van der Waals surface area (Å²) in [6.45, 7) is 3.15. The van der Waals surface area contributed by atoms with Gasteiger partial charge in [0, 0.05) is 18.5 Å². The zero-order chi connectivity index (χ0) is 11.3. The number of carboxylic acid groups (broad SMARTS) is 1. The van der Waals surface area contributed by atoms with Crippen molar-refractivity contribution in [2.45, 2.75) is 13.8 Å². The summed E-state index contributed by atoms with van der Waals surface area (Å²) >= 11 is 0. The minimum atomic E-state index is -0.833. The zero-order valence-corrected chi connectivity index (χ0v) is 8.64. The fourth-order valence-electron chi connectivity index (χ4n) is 1.10. The first-order valence-electron chi connectivity index (χ1n) is 4.45. The Labute approximate surface area is 87.6 Å². The first-order valence-corrected chi connectivity index (χ1v) is 4.45. The molecular formula is C11H12N2O2. The van der Waals surface area contributed by atoms with Crippen LogP contribution in [0.25, 0.3) is 10.9 Å². The standard InChI is InChI=1S/C9H8N2.C2H4O2/c1-7-2-3-9-8(4-7)5-10-6-11-9;1-2(3)4/h2-6H,1H3;1H3,(H,3,4). The maximum Gasteiger partial charge on any atom is 0.300 e. The van der Waals surface area contributed by atoms with Gasteiger partial charge in [-0.25, -0.2) is 9.97 Å². The maximum absolute atomic E-state index is 9.00. The molecule has 4 nitrogen and oxygen atoms in total. The van der Waals surface area contributed by atoms with E-state index < -0.39 is 5.97 Å². The lowest BCUT2D eigenvalue weighted by Crippen LogP contribution is -1.80. The molecule has 0 fully saturated rings. The molecule has 0 radical (unpaired) electrons. The predicted molar refractivity (Wildman–Crippen MR) is 57.6 cm³/mol. The Morgan fingerprint density at radius 1 is 1.40 bits per heavy atom. The topological polar surface area (TPSA) is 63.1 Å². The van der Waals surface area contributed by atoms with Crippen LogP contribution >= 0.6 is 0 Å². The summed E-state index contributed by atoms with van der Waals surface area (Å²) in [6.07, 6.45) is 3.40. The fraction of sp³-hybridized carbons (Fsp3) is 0.182. The predicted octanol–water partition coefficient (Wildman–Crippen LogP) is 2.03. The molecule has 1 aromatic heterocycles. The minimum Gasteiger partial charge on any atom is -0.481 e. The number of hydrogen-bond acceptors (Lipinski definition) is 3. The first kappa shape index (κ1) is 11.1. The number of fused-ring (bicyclic) bond motifs is 1. The van der Waals surface area contributed by atoms with E-state index in [0.29, 0.717) is 0 Å². The largest absolute Gasteiger partial charge is 0.481 e. The number of aliphatic carboxylic acids is 1. The molecule has 78 valence electrons. The van der Waals surface area contributed by atoms with Crippen LogP contribution in [0.5, 0.6) is 0 Å². The highest BCUT2D eigenvalue weighted by Crippen LogP contribution is 2.10. The molecule has 15 heavy (non-hydrogen) atoms. The summed E-state index contributed by atoms with van der Waals surface area (Å²) in [7, 11) is 0. The second-order valence-corrected chi connectivity index (χ2v) is 3.10. The van der Waals surface area contributed by atoms with Crippen LogP contribution in [0.3, 0.4) is 0 Å². The van der Waals surface area contributed by atoms with Gasteiger partial charge in [0.2, 0.25) is 0 Å². The highest BCUT2D eigenvalue weighted by atomic mass is 16.4. The average molecular weight is 204 g/mol. The molecule has 1 heterocycles. The molecule has 0 aliphatic rings. The zero-order valence-electron chi connectivity index (χ0n) is 8.64. The van der Waals surface area contributed by atoms with Gasteiger partial charge in [-0.1, -0.05) is 11.6 Å². The van der Waals surface area contributed by atoms with Crippen molar-refractivity contribution in [2.75, 3.05) is 0 Å². The van der Waals surface area contributed by atoms with E-state index in [1.54, 1.807) is 6.33 Å². The molecular weight excluding hydrogens is 192 g/mol. The van der Waals surface area contributed by atoms with Crippen molar-refractivity contribution in [2.24, 2.45) is 0 Å². The van der Waals surface area contributed by atoms with Gasteiger partial charge in [-0.3, -0.25) is 4.79 Å². The molecule has 0 aliphatic carbocycles. The second kappa shape index (κ2) is 5.05. The fourth-order valence-corrected chi connectivity index (χ4v) is 1.10. The van der Waals surface area contributed by atoms with Gasteiger partial charge < -0.3 is 5.11 Å². The third-order valence-corrected chi connectivity index (χ3v) is 1.66. The Hall–Kier alpha value is -1.97. The lowest BCUT2D eigenvalue weighted by Gasteiger charge is -1.95. The van der Waals surface area contributed by atoms with Gasteiger partial charge in [-0.15, -0.1) is 0 Å². The van der Waals surface area contributed by atoms with Gasteiger partial charge in [-0.2, -0.15) is 0 Å². The Kier molecular flexibility index (Phi) is 3.74. The van der Waals surface area contributed by atoms with Gasteiger partial charge in [0.25, 0.3) is 5.97 Å². The number of benzene rings is 1. The summed E-state index contributed by atoms with van der Waals surface area (Å²) in [5.74, 6) is -0.833. The van der Waals surface area contributed by atoms with E-state index in [2.05, 4.69) is 29.0 Å². The Morgan fingerprint density at radius 3 is 2.73 bits per heavy atom. The lowest BCUT2D eigenvalue weighted by molar-refractivity contribution is -0.134. The molecule has 0 atom stereocenters. The molecule has 1 N–H and O–H groups in total. The van der Waals surface area contributed by atoms with Crippen LogP contribution in [0.15, 0.2) is 30.7 Å². The molecule has 2 rings (SSSR count). The molecule has 0 saturated heterocycles. The first-order chi connectivity index (χ1) is 7.09. The van der Waals surface area contributed by atoms with Gasteiger partial charge in [0.1, 0.15) is 6.33 Å². The normalized spacial score (nSPS) is 9.20. The number of hydrogen-bond donors (Lipinski definition) is 1. The average Bonchev–Trinajstić information content (AvgIpc) is 2.16. The smallest absolute Gasteiger partial charge is 0.300 e. The summed E-state index contributed by atoms with van der Waals surface area (Å²) in [5.41, 5.74) is 2.25. The quantitative estimate of drug-likeness (QED) is 0.713. The Bertz CT molecular complexity index is 465. The summed E-state index contributed by atoms with van der Waals surface area (Å²) < 4.78 is 0.